The van der Waals surface area contributed by atoms with Gasteiger partial charge in [-0.15, -0.1) is 0 Å². The van der Waals surface area contributed by atoms with Crippen LogP contribution in [0.4, 0.5) is 0 Å². The minimum absolute atomic E-state index is 0.259. The third kappa shape index (κ3) is 7.40. The summed E-state index contributed by atoms with van der Waals surface area (Å²) < 4.78 is 11.4. The summed E-state index contributed by atoms with van der Waals surface area (Å²) in [6, 6.07) is 7.06. The number of hydrogen-bond acceptors (Lipinski definition) is 8. The average molecular weight is 594 g/mol. The van der Waals surface area contributed by atoms with E-state index in [4.69, 9.17) is 14.5 Å². The maximum Gasteiger partial charge on any atom is 0.325 e. The maximum atomic E-state index is 13.7. The number of aromatic nitrogens is 1. The molecule has 11 heteroatoms. The standard InChI is InChI=1S/C32H43N5O6/c1-17(2)28-30(39)33-19(4)31(40)37-14-8-9-25(36-37)32(41)43-20(5)24-13-12-23-11-10-22(16-26(23)34-24)15-18(3)27(21(6)42-7)29(38)35-28/h10-13,15-17,19-21,25,27-28,36H,8-9,14H2,1-7H3,(H,33,39)(H,35,38)/b18-15+/t19-,20+,21-,25-,27+,28-/m0/s1. The van der Waals surface area contributed by atoms with Gasteiger partial charge in [0.15, 0.2) is 0 Å². The number of hydrogen-bond donors (Lipinski definition) is 3. The van der Waals surface area contributed by atoms with E-state index in [1.165, 1.54) is 5.01 Å². The summed E-state index contributed by atoms with van der Waals surface area (Å²) in [5.41, 5.74) is 5.87. The average Bonchev–Trinajstić information content (AvgIpc) is 2.98. The van der Waals surface area contributed by atoms with E-state index in [1.54, 1.807) is 21.0 Å². The van der Waals surface area contributed by atoms with Crippen LogP contribution in [0.15, 0.2) is 35.9 Å². The van der Waals surface area contributed by atoms with Crippen molar-refractivity contribution in [3.05, 3.63) is 47.2 Å². The third-order valence-corrected chi connectivity index (χ3v) is 8.17. The first-order valence-corrected chi connectivity index (χ1v) is 14.9. The van der Waals surface area contributed by atoms with Crippen LogP contribution >= 0.6 is 0 Å². The molecule has 0 radical (unpaired) electrons. The van der Waals surface area contributed by atoms with Crippen LogP contribution in [0.1, 0.15) is 71.7 Å². The minimum atomic E-state index is -0.904. The summed E-state index contributed by atoms with van der Waals surface area (Å²) >= 11 is 0. The van der Waals surface area contributed by atoms with Crippen molar-refractivity contribution < 1.29 is 28.7 Å². The van der Waals surface area contributed by atoms with Crippen LogP contribution in [0.25, 0.3) is 17.0 Å². The predicted octanol–water partition coefficient (Wildman–Crippen LogP) is 3.05. The van der Waals surface area contributed by atoms with Crippen LogP contribution in [-0.2, 0) is 28.7 Å². The number of nitrogens with zero attached hydrogens (tertiary/aromatic N) is 2. The second kappa shape index (κ2) is 13.6. The Morgan fingerprint density at radius 1 is 1.02 bits per heavy atom. The number of amides is 3. The molecular formula is C32H43N5O6. The Balaban J connectivity index is 1.76. The number of cyclic esters (lactones) is 1. The smallest absolute Gasteiger partial charge is 0.325 e. The second-order valence-corrected chi connectivity index (χ2v) is 11.8. The normalized spacial score (nSPS) is 28.1. The fourth-order valence-corrected chi connectivity index (χ4v) is 5.55. The van der Waals surface area contributed by atoms with Crippen molar-refractivity contribution in [3.63, 3.8) is 0 Å². The molecule has 1 fully saturated rings. The topological polar surface area (TPSA) is 139 Å². The fourth-order valence-electron chi connectivity index (χ4n) is 5.55. The molecule has 1 saturated heterocycles. The quantitative estimate of drug-likeness (QED) is 0.462. The van der Waals surface area contributed by atoms with Gasteiger partial charge in [0.2, 0.25) is 11.8 Å². The molecule has 3 amide bonds. The number of methoxy groups -OCH3 is 1. The lowest BCUT2D eigenvalue weighted by atomic mass is 9.91. The zero-order valence-corrected chi connectivity index (χ0v) is 26.0. The zero-order valence-electron chi connectivity index (χ0n) is 26.0. The van der Waals surface area contributed by atoms with Gasteiger partial charge in [-0.25, -0.2) is 10.4 Å². The van der Waals surface area contributed by atoms with Crippen molar-refractivity contribution in [3.8, 4) is 0 Å². The van der Waals surface area contributed by atoms with Gasteiger partial charge < -0.3 is 20.1 Å². The minimum Gasteiger partial charge on any atom is -0.455 e. The van der Waals surface area contributed by atoms with E-state index < -0.39 is 54.0 Å². The number of ether oxygens (including phenoxy) is 2. The molecule has 11 nitrogen and oxygen atoms in total. The molecule has 2 aliphatic rings. The number of rotatable bonds is 3. The van der Waals surface area contributed by atoms with Crippen molar-refractivity contribution in [1.82, 2.24) is 26.1 Å². The van der Waals surface area contributed by atoms with E-state index in [2.05, 4.69) is 16.1 Å². The van der Waals surface area contributed by atoms with Gasteiger partial charge in [-0.1, -0.05) is 43.7 Å². The van der Waals surface area contributed by atoms with Crippen LogP contribution in [0.2, 0.25) is 0 Å². The van der Waals surface area contributed by atoms with Gasteiger partial charge in [-0.05, 0) is 64.2 Å². The van der Waals surface area contributed by atoms with Crippen LogP contribution in [0, 0.1) is 11.8 Å². The van der Waals surface area contributed by atoms with Crippen molar-refractivity contribution in [2.45, 2.75) is 84.7 Å². The summed E-state index contributed by atoms with van der Waals surface area (Å²) in [5, 5.41) is 7.94. The number of esters is 1. The molecule has 0 unspecified atom stereocenters. The van der Waals surface area contributed by atoms with E-state index in [-0.39, 0.29) is 11.8 Å². The van der Waals surface area contributed by atoms with E-state index >= 15 is 0 Å². The molecule has 1 aromatic carbocycles. The molecule has 232 valence electrons. The molecule has 6 atom stereocenters. The Hall–Kier alpha value is -3.83. The highest BCUT2D eigenvalue weighted by Gasteiger charge is 2.35. The number of nitrogens with one attached hydrogen (secondary N) is 3. The molecule has 4 rings (SSSR count). The Labute approximate surface area is 252 Å². The summed E-state index contributed by atoms with van der Waals surface area (Å²) in [6.07, 6.45) is 1.89. The van der Waals surface area contributed by atoms with Crippen molar-refractivity contribution in [2.75, 3.05) is 13.7 Å². The van der Waals surface area contributed by atoms with E-state index in [0.717, 1.165) is 16.5 Å². The van der Waals surface area contributed by atoms with E-state index in [1.807, 2.05) is 64.1 Å². The Morgan fingerprint density at radius 2 is 1.74 bits per heavy atom. The van der Waals surface area contributed by atoms with Crippen LogP contribution in [-0.4, -0.2) is 71.6 Å². The van der Waals surface area contributed by atoms with E-state index in [9.17, 15) is 19.2 Å². The number of benzene rings is 1. The third-order valence-electron chi connectivity index (χ3n) is 8.17. The SMILES string of the molecule is CO[C@@H](C)[C@@H]1C(=O)N[C@@H](C(C)C)C(=O)N[C@@H](C)C(=O)N2CCC[C@H](N2)C(=O)O[C@H](C)c2ccc3ccc(cc3n2)/C=C/1C. The molecule has 3 heterocycles. The van der Waals surface area contributed by atoms with Crippen LogP contribution in [0.5, 0.6) is 0 Å². The number of pyridine rings is 1. The highest BCUT2D eigenvalue weighted by molar-refractivity contribution is 5.93. The number of carbonyl (C=O) groups is 4. The van der Waals surface area contributed by atoms with Gasteiger partial charge in [0.1, 0.15) is 24.2 Å². The van der Waals surface area contributed by atoms with Gasteiger partial charge in [0.05, 0.1) is 23.2 Å². The molecular weight excluding hydrogens is 550 g/mol. The number of fused-ring (bicyclic) bond motifs is 4. The Kier molecular flexibility index (Phi) is 10.2. The van der Waals surface area contributed by atoms with Gasteiger partial charge in [-0.3, -0.25) is 24.2 Å². The molecule has 2 aromatic rings. The highest BCUT2D eigenvalue weighted by atomic mass is 16.5. The summed E-state index contributed by atoms with van der Waals surface area (Å²) in [7, 11) is 1.54. The molecule has 5 bridgehead atoms. The van der Waals surface area contributed by atoms with Crippen molar-refractivity contribution in [2.24, 2.45) is 11.8 Å². The van der Waals surface area contributed by atoms with Gasteiger partial charge in [-0.2, -0.15) is 0 Å². The predicted molar refractivity (Wildman–Crippen MR) is 162 cm³/mol. The summed E-state index contributed by atoms with van der Waals surface area (Å²) in [5.74, 6) is -2.65. The monoisotopic (exact) mass is 593 g/mol. The summed E-state index contributed by atoms with van der Waals surface area (Å²) in [4.78, 5) is 58.3. The number of carbonyl (C=O) groups excluding carboxylic acids is 4. The van der Waals surface area contributed by atoms with E-state index in [0.29, 0.717) is 30.6 Å². The molecule has 0 spiro atoms. The molecule has 0 saturated carbocycles. The first kappa shape index (κ1) is 32.1. The second-order valence-electron chi connectivity index (χ2n) is 11.8. The molecule has 1 aromatic heterocycles. The van der Waals surface area contributed by atoms with Crippen LogP contribution < -0.4 is 16.1 Å². The first-order chi connectivity index (χ1) is 20.4. The van der Waals surface area contributed by atoms with Crippen molar-refractivity contribution >= 4 is 40.7 Å². The molecule has 3 N–H and O–H groups in total. The molecule has 2 aliphatic heterocycles. The fraction of sp³-hybridized carbons (Fsp3) is 0.531. The zero-order chi connectivity index (χ0) is 31.4. The molecule has 43 heavy (non-hydrogen) atoms. The van der Waals surface area contributed by atoms with Gasteiger partial charge in [0, 0.05) is 19.0 Å². The number of hydrazine groups is 1. The highest BCUT2D eigenvalue weighted by Crippen LogP contribution is 2.25. The first-order valence-electron chi connectivity index (χ1n) is 14.9. The lowest BCUT2D eigenvalue weighted by Gasteiger charge is -2.35. The lowest BCUT2D eigenvalue weighted by Crippen LogP contribution is -2.61. The Bertz CT molecular complexity index is 1410. The Morgan fingerprint density at radius 3 is 2.44 bits per heavy atom. The van der Waals surface area contributed by atoms with Crippen molar-refractivity contribution in [1.29, 1.82) is 0 Å². The molecule has 0 aliphatic carbocycles. The largest absolute Gasteiger partial charge is 0.455 e. The lowest BCUT2D eigenvalue weighted by molar-refractivity contribution is -0.157. The maximum absolute atomic E-state index is 13.7. The van der Waals surface area contributed by atoms with Gasteiger partial charge in [0.25, 0.3) is 5.91 Å². The van der Waals surface area contributed by atoms with Gasteiger partial charge >= 0.3 is 5.97 Å². The van der Waals surface area contributed by atoms with Crippen LogP contribution in [0.3, 0.4) is 0 Å². The summed E-state index contributed by atoms with van der Waals surface area (Å²) in [6.45, 7) is 11.0.